The number of hydrogen-bond donors (Lipinski definition) is 2. The number of anilines is 1. The summed E-state index contributed by atoms with van der Waals surface area (Å²) in [5.74, 6) is 0.906. The van der Waals surface area contributed by atoms with Crippen molar-refractivity contribution >= 4 is 11.8 Å². The molecule has 132 valence electrons. The van der Waals surface area contributed by atoms with Gasteiger partial charge in [-0.25, -0.2) is 9.78 Å². The van der Waals surface area contributed by atoms with Gasteiger partial charge in [0, 0.05) is 37.6 Å². The first-order valence-electron chi connectivity index (χ1n) is 8.46. The highest BCUT2D eigenvalue weighted by Gasteiger charge is 2.16. The molecule has 3 heterocycles. The first kappa shape index (κ1) is 17.2. The zero-order chi connectivity index (χ0) is 17.5. The summed E-state index contributed by atoms with van der Waals surface area (Å²) in [5, 5.41) is 5.80. The number of pyridine rings is 2. The summed E-state index contributed by atoms with van der Waals surface area (Å²) >= 11 is 0. The predicted octanol–water partition coefficient (Wildman–Crippen LogP) is 1.87. The molecule has 7 heteroatoms. The van der Waals surface area contributed by atoms with E-state index in [2.05, 4.69) is 25.5 Å². The van der Waals surface area contributed by atoms with Crippen LogP contribution in [0.2, 0.25) is 0 Å². The van der Waals surface area contributed by atoms with Crippen LogP contribution in [-0.2, 0) is 11.3 Å². The number of carbonyl (C=O) groups is 1. The Balaban J connectivity index is 1.57. The summed E-state index contributed by atoms with van der Waals surface area (Å²) in [6, 6.07) is 9.14. The Morgan fingerprint density at radius 1 is 1.20 bits per heavy atom. The van der Waals surface area contributed by atoms with E-state index in [9.17, 15) is 4.79 Å². The van der Waals surface area contributed by atoms with Gasteiger partial charge in [0.25, 0.3) is 0 Å². The van der Waals surface area contributed by atoms with E-state index < -0.39 is 0 Å². The molecule has 2 aromatic rings. The van der Waals surface area contributed by atoms with Crippen LogP contribution >= 0.6 is 0 Å². The first-order valence-corrected chi connectivity index (χ1v) is 8.46. The smallest absolute Gasteiger partial charge is 0.315 e. The van der Waals surface area contributed by atoms with E-state index in [1.165, 1.54) is 0 Å². The monoisotopic (exact) mass is 341 g/mol. The minimum absolute atomic E-state index is 0.159. The summed E-state index contributed by atoms with van der Waals surface area (Å²) in [6.07, 6.45) is 3.49. The summed E-state index contributed by atoms with van der Waals surface area (Å²) < 4.78 is 5.39. The van der Waals surface area contributed by atoms with Crippen molar-refractivity contribution in [2.45, 2.75) is 19.5 Å². The zero-order valence-electron chi connectivity index (χ0n) is 14.3. The zero-order valence-corrected chi connectivity index (χ0v) is 14.3. The van der Waals surface area contributed by atoms with Gasteiger partial charge in [0.2, 0.25) is 0 Å². The van der Waals surface area contributed by atoms with E-state index in [-0.39, 0.29) is 12.1 Å². The van der Waals surface area contributed by atoms with Crippen molar-refractivity contribution in [3.63, 3.8) is 0 Å². The van der Waals surface area contributed by atoms with Gasteiger partial charge in [-0.1, -0.05) is 12.1 Å². The number of nitrogens with zero attached hydrogens (tertiary/aromatic N) is 3. The SMILES string of the molecule is C[C@H](NC(=O)NCc1cccnc1N1CCOCC1)c1ccccn1. The molecule has 1 atom stereocenters. The fourth-order valence-electron chi connectivity index (χ4n) is 2.76. The van der Waals surface area contributed by atoms with Crippen molar-refractivity contribution in [2.24, 2.45) is 0 Å². The molecule has 0 radical (unpaired) electrons. The van der Waals surface area contributed by atoms with Crippen molar-refractivity contribution in [3.8, 4) is 0 Å². The standard InChI is InChI=1S/C18H23N5O2/c1-14(16-6-2-3-7-19-16)22-18(24)21-13-15-5-4-8-20-17(15)23-9-11-25-12-10-23/h2-8,14H,9-13H2,1H3,(H2,21,22,24)/t14-/m0/s1. The molecular weight excluding hydrogens is 318 g/mol. The van der Waals surface area contributed by atoms with Crippen molar-refractivity contribution in [1.82, 2.24) is 20.6 Å². The topological polar surface area (TPSA) is 79.4 Å². The molecule has 2 amide bonds. The molecule has 3 rings (SSSR count). The molecule has 25 heavy (non-hydrogen) atoms. The Labute approximate surface area is 147 Å². The predicted molar refractivity (Wildman–Crippen MR) is 95.3 cm³/mol. The van der Waals surface area contributed by atoms with Gasteiger partial charge in [0.15, 0.2) is 0 Å². The molecule has 1 aliphatic heterocycles. The third kappa shape index (κ3) is 4.67. The molecular formula is C18H23N5O2. The Morgan fingerprint density at radius 3 is 2.76 bits per heavy atom. The molecule has 0 saturated carbocycles. The second-order valence-electron chi connectivity index (χ2n) is 5.89. The maximum atomic E-state index is 12.2. The Bertz CT molecular complexity index is 689. The lowest BCUT2D eigenvalue weighted by molar-refractivity contribution is 0.122. The summed E-state index contributed by atoms with van der Waals surface area (Å²) in [6.45, 7) is 5.35. The van der Waals surface area contributed by atoms with Crippen LogP contribution in [0.5, 0.6) is 0 Å². The van der Waals surface area contributed by atoms with E-state index in [0.717, 1.165) is 30.2 Å². The third-order valence-corrected chi connectivity index (χ3v) is 4.10. The number of morpholine rings is 1. The number of hydrogen-bond acceptors (Lipinski definition) is 5. The number of urea groups is 1. The summed E-state index contributed by atoms with van der Waals surface area (Å²) in [7, 11) is 0. The largest absolute Gasteiger partial charge is 0.378 e. The van der Waals surface area contributed by atoms with Gasteiger partial charge in [-0.15, -0.1) is 0 Å². The quantitative estimate of drug-likeness (QED) is 0.868. The summed E-state index contributed by atoms with van der Waals surface area (Å²) in [5.41, 5.74) is 1.82. The maximum absolute atomic E-state index is 12.2. The second-order valence-corrected chi connectivity index (χ2v) is 5.89. The number of amides is 2. The number of carbonyl (C=O) groups excluding carboxylic acids is 1. The number of aromatic nitrogens is 2. The van der Waals surface area contributed by atoms with Crippen LogP contribution in [0.4, 0.5) is 10.6 Å². The minimum atomic E-state index is -0.227. The minimum Gasteiger partial charge on any atom is -0.378 e. The molecule has 1 saturated heterocycles. The fourth-order valence-corrected chi connectivity index (χ4v) is 2.76. The van der Waals surface area contributed by atoms with Gasteiger partial charge < -0.3 is 20.3 Å². The Hall–Kier alpha value is -2.67. The molecule has 2 N–H and O–H groups in total. The number of rotatable bonds is 5. The average Bonchev–Trinajstić information content (AvgIpc) is 2.68. The number of nitrogens with one attached hydrogen (secondary N) is 2. The fraction of sp³-hybridized carbons (Fsp3) is 0.389. The van der Waals surface area contributed by atoms with E-state index in [0.29, 0.717) is 19.8 Å². The van der Waals surface area contributed by atoms with Crippen molar-refractivity contribution in [2.75, 3.05) is 31.2 Å². The van der Waals surface area contributed by atoms with Gasteiger partial charge in [0.05, 0.1) is 24.9 Å². The van der Waals surface area contributed by atoms with E-state index in [4.69, 9.17) is 4.74 Å². The van der Waals surface area contributed by atoms with E-state index in [1.807, 2.05) is 37.3 Å². The van der Waals surface area contributed by atoms with Crippen LogP contribution in [-0.4, -0.2) is 42.3 Å². The Kier molecular flexibility index (Phi) is 5.79. The average molecular weight is 341 g/mol. The molecule has 0 aromatic carbocycles. The van der Waals surface area contributed by atoms with Crippen LogP contribution in [0.15, 0.2) is 42.7 Å². The summed E-state index contributed by atoms with van der Waals surface area (Å²) in [4.78, 5) is 23.1. The molecule has 1 aliphatic rings. The highest BCUT2D eigenvalue weighted by atomic mass is 16.5. The van der Waals surface area contributed by atoms with Crippen LogP contribution in [0, 0.1) is 0 Å². The third-order valence-electron chi connectivity index (χ3n) is 4.10. The van der Waals surface area contributed by atoms with Crippen LogP contribution < -0.4 is 15.5 Å². The molecule has 0 unspecified atom stereocenters. The molecule has 0 aliphatic carbocycles. The van der Waals surface area contributed by atoms with Gasteiger partial charge in [0.1, 0.15) is 5.82 Å². The molecule has 0 spiro atoms. The van der Waals surface area contributed by atoms with E-state index in [1.54, 1.807) is 12.4 Å². The maximum Gasteiger partial charge on any atom is 0.315 e. The highest BCUT2D eigenvalue weighted by molar-refractivity contribution is 5.74. The molecule has 7 nitrogen and oxygen atoms in total. The van der Waals surface area contributed by atoms with E-state index >= 15 is 0 Å². The van der Waals surface area contributed by atoms with Crippen LogP contribution in [0.3, 0.4) is 0 Å². The molecule has 0 bridgehead atoms. The molecule has 1 fully saturated rings. The number of ether oxygens (including phenoxy) is 1. The lowest BCUT2D eigenvalue weighted by Crippen LogP contribution is -2.39. The van der Waals surface area contributed by atoms with Gasteiger partial charge in [-0.05, 0) is 25.1 Å². The van der Waals surface area contributed by atoms with Crippen molar-refractivity contribution in [1.29, 1.82) is 0 Å². The molecule has 2 aromatic heterocycles. The normalized spacial score (nSPS) is 15.5. The van der Waals surface area contributed by atoms with Crippen LogP contribution in [0.25, 0.3) is 0 Å². The lowest BCUT2D eigenvalue weighted by Gasteiger charge is -2.29. The highest BCUT2D eigenvalue weighted by Crippen LogP contribution is 2.18. The first-order chi connectivity index (χ1) is 12.2. The van der Waals surface area contributed by atoms with Crippen molar-refractivity contribution < 1.29 is 9.53 Å². The van der Waals surface area contributed by atoms with Crippen LogP contribution in [0.1, 0.15) is 24.2 Å². The lowest BCUT2D eigenvalue weighted by atomic mass is 10.2. The van der Waals surface area contributed by atoms with Gasteiger partial charge in [-0.2, -0.15) is 0 Å². The second kappa shape index (κ2) is 8.43. The van der Waals surface area contributed by atoms with Gasteiger partial charge in [-0.3, -0.25) is 4.98 Å². The Morgan fingerprint density at radius 2 is 2.00 bits per heavy atom. The van der Waals surface area contributed by atoms with Gasteiger partial charge >= 0.3 is 6.03 Å². The van der Waals surface area contributed by atoms with Crippen molar-refractivity contribution in [3.05, 3.63) is 54.0 Å².